The molecule has 0 spiro atoms. The highest BCUT2D eigenvalue weighted by atomic mass is 19.4. The van der Waals surface area contributed by atoms with Crippen LogP contribution in [0.15, 0.2) is 0 Å². The van der Waals surface area contributed by atoms with Gasteiger partial charge in [-0.05, 0) is 13.8 Å². The van der Waals surface area contributed by atoms with Crippen molar-refractivity contribution < 1.29 is 27.4 Å². The first-order valence-corrected chi connectivity index (χ1v) is 6.43. The van der Waals surface area contributed by atoms with Crippen LogP contribution in [0, 0.1) is 0 Å². The van der Waals surface area contributed by atoms with E-state index in [4.69, 9.17) is 10.5 Å². The average molecular weight is 298 g/mol. The largest absolute Gasteiger partial charge is 0.411 e. The minimum absolute atomic E-state index is 0.0799. The molecular weight excluding hydrogens is 277 g/mol. The summed E-state index contributed by atoms with van der Waals surface area (Å²) in [4.78, 5) is 13.5. The smallest absolute Gasteiger partial charge is 0.372 e. The third-order valence-corrected chi connectivity index (χ3v) is 2.82. The number of halogens is 3. The van der Waals surface area contributed by atoms with Crippen molar-refractivity contribution in [3.63, 3.8) is 0 Å². The van der Waals surface area contributed by atoms with Crippen LogP contribution in [0.5, 0.6) is 0 Å². The van der Waals surface area contributed by atoms with Crippen molar-refractivity contribution in [3.05, 3.63) is 0 Å². The van der Waals surface area contributed by atoms with Crippen LogP contribution in [0.3, 0.4) is 0 Å². The molecule has 5 nitrogen and oxygen atoms in total. The van der Waals surface area contributed by atoms with E-state index in [-0.39, 0.29) is 31.6 Å². The third kappa shape index (κ3) is 6.06. The van der Waals surface area contributed by atoms with Crippen molar-refractivity contribution in [2.45, 2.75) is 38.1 Å². The van der Waals surface area contributed by atoms with Gasteiger partial charge >= 0.3 is 6.18 Å². The first-order chi connectivity index (χ1) is 9.13. The third-order valence-electron chi connectivity index (χ3n) is 2.82. The molecule has 1 rings (SSSR count). The molecule has 1 aliphatic rings. The van der Waals surface area contributed by atoms with Crippen molar-refractivity contribution in [3.8, 4) is 0 Å². The van der Waals surface area contributed by atoms with E-state index in [0.717, 1.165) is 0 Å². The molecule has 1 saturated heterocycles. The van der Waals surface area contributed by atoms with Gasteiger partial charge in [-0.1, -0.05) is 0 Å². The fourth-order valence-corrected chi connectivity index (χ4v) is 2.11. The molecule has 0 bridgehead atoms. The predicted molar refractivity (Wildman–Crippen MR) is 66.1 cm³/mol. The molecule has 0 aliphatic carbocycles. The van der Waals surface area contributed by atoms with Crippen molar-refractivity contribution in [1.82, 2.24) is 4.90 Å². The number of rotatable bonds is 5. The van der Waals surface area contributed by atoms with Crippen LogP contribution in [0.25, 0.3) is 0 Å². The maximum absolute atomic E-state index is 11.9. The van der Waals surface area contributed by atoms with Gasteiger partial charge < -0.3 is 20.1 Å². The molecule has 1 fully saturated rings. The van der Waals surface area contributed by atoms with E-state index in [1.807, 2.05) is 13.8 Å². The molecule has 0 aromatic rings. The molecule has 0 saturated carbocycles. The van der Waals surface area contributed by atoms with E-state index in [2.05, 4.69) is 4.74 Å². The van der Waals surface area contributed by atoms with Gasteiger partial charge in [-0.15, -0.1) is 0 Å². The van der Waals surface area contributed by atoms with Gasteiger partial charge in [-0.2, -0.15) is 13.2 Å². The number of nitrogens with zero attached hydrogens (tertiary/aromatic N) is 1. The standard InChI is InChI=1S/C12H21F3N2O3/c1-11(2)7-17(6-9(5-16)20-11)10(18)3-4-19-8-12(13,14)15/h9H,3-8,16H2,1-2H3. The van der Waals surface area contributed by atoms with E-state index in [9.17, 15) is 18.0 Å². The molecule has 118 valence electrons. The second kappa shape index (κ2) is 6.73. The van der Waals surface area contributed by atoms with Gasteiger partial charge in [0.25, 0.3) is 0 Å². The van der Waals surface area contributed by atoms with Crippen molar-refractivity contribution >= 4 is 5.91 Å². The Morgan fingerprint density at radius 3 is 2.70 bits per heavy atom. The van der Waals surface area contributed by atoms with E-state index in [1.54, 1.807) is 4.90 Å². The zero-order valence-electron chi connectivity index (χ0n) is 11.7. The summed E-state index contributed by atoms with van der Waals surface area (Å²) < 4.78 is 45.8. The normalized spacial score (nSPS) is 22.9. The van der Waals surface area contributed by atoms with E-state index in [1.165, 1.54) is 0 Å². The second-order valence-corrected chi connectivity index (χ2v) is 5.43. The summed E-state index contributed by atoms with van der Waals surface area (Å²) in [5, 5.41) is 0. The van der Waals surface area contributed by atoms with Gasteiger partial charge in [0.1, 0.15) is 6.61 Å². The van der Waals surface area contributed by atoms with Gasteiger partial charge in [0, 0.05) is 19.6 Å². The van der Waals surface area contributed by atoms with Gasteiger partial charge in [-0.25, -0.2) is 0 Å². The molecule has 8 heteroatoms. The number of ether oxygens (including phenoxy) is 2. The molecular formula is C12H21F3N2O3. The maximum atomic E-state index is 11.9. The summed E-state index contributed by atoms with van der Waals surface area (Å²) in [6, 6.07) is 0. The van der Waals surface area contributed by atoms with Crippen LogP contribution < -0.4 is 5.73 Å². The van der Waals surface area contributed by atoms with Crippen LogP contribution in [-0.2, 0) is 14.3 Å². The molecule has 1 atom stereocenters. The molecule has 2 N–H and O–H groups in total. The SMILES string of the molecule is CC1(C)CN(C(=O)CCOCC(F)(F)F)CC(CN)O1. The van der Waals surface area contributed by atoms with Crippen LogP contribution in [-0.4, -0.2) is 61.5 Å². The Labute approximate surface area is 116 Å². The Kier molecular flexibility index (Phi) is 5.79. The Hall–Kier alpha value is -0.860. The molecule has 1 amide bonds. The van der Waals surface area contributed by atoms with Crippen LogP contribution in [0.1, 0.15) is 20.3 Å². The van der Waals surface area contributed by atoms with E-state index < -0.39 is 18.4 Å². The Morgan fingerprint density at radius 1 is 1.50 bits per heavy atom. The second-order valence-electron chi connectivity index (χ2n) is 5.43. The maximum Gasteiger partial charge on any atom is 0.411 e. The summed E-state index contributed by atoms with van der Waals surface area (Å²) in [6.45, 7) is 3.14. The monoisotopic (exact) mass is 298 g/mol. The topological polar surface area (TPSA) is 64.8 Å². The van der Waals surface area contributed by atoms with Crippen molar-refractivity contribution in [2.75, 3.05) is 32.8 Å². The fraction of sp³-hybridized carbons (Fsp3) is 0.917. The predicted octanol–water partition coefficient (Wildman–Crippen LogP) is 0.920. The lowest BCUT2D eigenvalue weighted by Crippen LogP contribution is -2.56. The highest BCUT2D eigenvalue weighted by molar-refractivity contribution is 5.76. The zero-order chi connectivity index (χ0) is 15.4. The lowest BCUT2D eigenvalue weighted by molar-refractivity contribution is -0.177. The number of alkyl halides is 3. The number of carbonyl (C=O) groups excluding carboxylic acids is 1. The van der Waals surface area contributed by atoms with Crippen molar-refractivity contribution in [2.24, 2.45) is 5.73 Å². The zero-order valence-corrected chi connectivity index (χ0v) is 11.7. The average Bonchev–Trinajstić information content (AvgIpc) is 2.31. The minimum Gasteiger partial charge on any atom is -0.372 e. The molecule has 0 aromatic heterocycles. The molecule has 20 heavy (non-hydrogen) atoms. The minimum atomic E-state index is -4.37. The quantitative estimate of drug-likeness (QED) is 0.767. The summed E-state index contributed by atoms with van der Waals surface area (Å²) in [5.74, 6) is -0.248. The van der Waals surface area contributed by atoms with Crippen LogP contribution in [0.2, 0.25) is 0 Å². The number of morpholine rings is 1. The number of hydrogen-bond acceptors (Lipinski definition) is 4. The van der Waals surface area contributed by atoms with E-state index in [0.29, 0.717) is 13.1 Å². The highest BCUT2D eigenvalue weighted by Crippen LogP contribution is 2.21. The molecule has 0 aromatic carbocycles. The summed E-state index contributed by atoms with van der Waals surface area (Å²) >= 11 is 0. The highest BCUT2D eigenvalue weighted by Gasteiger charge is 2.35. The van der Waals surface area contributed by atoms with Crippen LogP contribution in [0.4, 0.5) is 13.2 Å². The van der Waals surface area contributed by atoms with Gasteiger partial charge in [-0.3, -0.25) is 4.79 Å². The number of hydrogen-bond donors (Lipinski definition) is 1. The first kappa shape index (κ1) is 17.2. The summed E-state index contributed by atoms with van der Waals surface area (Å²) in [5.41, 5.74) is 5.03. The Bertz CT molecular complexity index is 334. The van der Waals surface area contributed by atoms with E-state index >= 15 is 0 Å². The van der Waals surface area contributed by atoms with Crippen LogP contribution >= 0.6 is 0 Å². The lowest BCUT2D eigenvalue weighted by Gasteiger charge is -2.42. The molecule has 0 radical (unpaired) electrons. The Balaban J connectivity index is 2.38. The lowest BCUT2D eigenvalue weighted by atomic mass is 10.0. The number of amides is 1. The summed E-state index contributed by atoms with van der Waals surface area (Å²) in [7, 11) is 0. The Morgan fingerprint density at radius 2 is 2.15 bits per heavy atom. The van der Waals surface area contributed by atoms with Gasteiger partial charge in [0.15, 0.2) is 0 Å². The molecule has 1 aliphatic heterocycles. The molecule has 1 heterocycles. The number of nitrogens with two attached hydrogens (primary N) is 1. The molecule has 1 unspecified atom stereocenters. The first-order valence-electron chi connectivity index (χ1n) is 6.43. The summed E-state index contributed by atoms with van der Waals surface area (Å²) in [6.07, 6.45) is -4.70. The van der Waals surface area contributed by atoms with Crippen molar-refractivity contribution in [1.29, 1.82) is 0 Å². The van der Waals surface area contributed by atoms with Gasteiger partial charge in [0.2, 0.25) is 5.91 Å². The van der Waals surface area contributed by atoms with Gasteiger partial charge in [0.05, 0.1) is 24.7 Å². The fourth-order valence-electron chi connectivity index (χ4n) is 2.11. The number of carbonyl (C=O) groups is 1.